The van der Waals surface area contributed by atoms with Gasteiger partial charge in [-0.2, -0.15) is 0 Å². The molecule has 2 aromatic rings. The van der Waals surface area contributed by atoms with Gasteiger partial charge in [-0.15, -0.1) is 0 Å². The second kappa shape index (κ2) is 29.2. The molecule has 4 heterocycles. The lowest BCUT2D eigenvalue weighted by molar-refractivity contribution is -0.144. The van der Waals surface area contributed by atoms with Gasteiger partial charge in [-0.3, -0.25) is 29.0 Å². The highest BCUT2D eigenvalue weighted by Crippen LogP contribution is 2.37. The standard InChI is InChI=1S/C49H81N8O9P/c1-2-3-4-5-6-7-8-9-10-11-12-13-14-17-27-55-29-31-56(32-30-55)28-26-46(59)53-44(33-38-20-23-42(24-21-38)66-67(63,64)65)47(60)54-43-19-16-15-18-41-22-25-45(57(41)49(43)62)48(61)52-40(36-58)34-39-35-50-37-51-39/h20-21,23-24,35,37,40-41,43-45,58H,2-19,22,25-34,36H2,1H3,(H,50,51)(H,52,61)(H,53,59)(H,54,60)(H2,63,64,65)/t40-,41?,43-,44-,45-/m0/s1. The smallest absolute Gasteiger partial charge is 0.404 e. The molecule has 67 heavy (non-hydrogen) atoms. The molecular weight excluding hydrogens is 876 g/mol. The Bertz CT molecular complexity index is 1810. The summed E-state index contributed by atoms with van der Waals surface area (Å²) in [5, 5.41) is 18.8. The van der Waals surface area contributed by atoms with Gasteiger partial charge in [-0.25, -0.2) is 9.55 Å². The zero-order chi connectivity index (χ0) is 47.9. The molecule has 0 bridgehead atoms. The normalized spacial score (nSPS) is 20.4. The monoisotopic (exact) mass is 957 g/mol. The zero-order valence-corrected chi connectivity index (χ0v) is 41.0. The van der Waals surface area contributed by atoms with E-state index in [-0.39, 0.29) is 49.0 Å². The van der Waals surface area contributed by atoms with Crippen molar-refractivity contribution < 1.29 is 43.2 Å². The van der Waals surface area contributed by atoms with Crippen LogP contribution in [0.15, 0.2) is 36.8 Å². The summed E-state index contributed by atoms with van der Waals surface area (Å²) in [5.41, 5.74) is 1.28. The van der Waals surface area contributed by atoms with Crippen LogP contribution in [0, 0.1) is 0 Å². The maximum absolute atomic E-state index is 14.4. The highest BCUT2D eigenvalue weighted by molar-refractivity contribution is 7.46. The number of hydrogen-bond donors (Lipinski definition) is 7. The predicted molar refractivity (Wildman–Crippen MR) is 258 cm³/mol. The SMILES string of the molecule is CCCCCCCCCCCCCCCCN1CCN(CCC(=O)N[C@@H](Cc2ccc(OP(=O)(O)O)cc2)C(=O)N[C@H]2CCCCC3CC[C@@H](C(=O)N[C@H](CO)Cc4c[nH]cn4)N3C2=O)CC1. The number of aliphatic hydroxyl groups excluding tert-OH is 1. The summed E-state index contributed by atoms with van der Waals surface area (Å²) in [6.07, 6.45) is 26.3. The molecule has 3 aliphatic heterocycles. The minimum atomic E-state index is -4.78. The molecule has 3 aliphatic rings. The van der Waals surface area contributed by atoms with Crippen LogP contribution in [-0.4, -0.2) is 139 Å². The van der Waals surface area contributed by atoms with E-state index in [2.05, 4.69) is 42.6 Å². The third kappa shape index (κ3) is 19.6. The van der Waals surface area contributed by atoms with Gasteiger partial charge in [-0.05, 0) is 56.3 Å². The van der Waals surface area contributed by atoms with Crippen LogP contribution in [0.4, 0.5) is 0 Å². The number of hydrogen-bond acceptors (Lipinski definition) is 10. The number of nitrogens with one attached hydrogen (secondary N) is 4. The zero-order valence-electron chi connectivity index (χ0n) is 40.1. The van der Waals surface area contributed by atoms with E-state index in [1.807, 2.05) is 0 Å². The Kier molecular flexibility index (Phi) is 23.6. The van der Waals surface area contributed by atoms with E-state index >= 15 is 0 Å². The van der Waals surface area contributed by atoms with Crippen LogP contribution in [0.25, 0.3) is 0 Å². The number of amides is 4. The van der Waals surface area contributed by atoms with Crippen molar-refractivity contribution in [1.29, 1.82) is 0 Å². The van der Waals surface area contributed by atoms with Crippen molar-refractivity contribution >= 4 is 31.5 Å². The third-order valence-electron chi connectivity index (χ3n) is 13.7. The van der Waals surface area contributed by atoms with Crippen LogP contribution in [0.1, 0.15) is 153 Å². The number of H-pyrrole nitrogens is 1. The number of aromatic nitrogens is 2. The summed E-state index contributed by atoms with van der Waals surface area (Å²) in [6.45, 7) is 7.25. The lowest BCUT2D eigenvalue weighted by Crippen LogP contribution is -2.59. The van der Waals surface area contributed by atoms with Crippen LogP contribution < -0.4 is 20.5 Å². The number of carbonyl (C=O) groups is 4. The number of aromatic amines is 1. The third-order valence-corrected chi connectivity index (χ3v) is 14.2. The average molecular weight is 957 g/mol. The Labute approximate surface area is 398 Å². The first-order valence-electron chi connectivity index (χ1n) is 25.5. The summed E-state index contributed by atoms with van der Waals surface area (Å²) in [5.74, 6) is -1.61. The van der Waals surface area contributed by atoms with Crippen LogP contribution in [0.2, 0.25) is 0 Å². The van der Waals surface area contributed by atoms with Crippen molar-refractivity contribution in [3.05, 3.63) is 48.0 Å². The van der Waals surface area contributed by atoms with E-state index in [4.69, 9.17) is 4.52 Å². The van der Waals surface area contributed by atoms with Crippen molar-refractivity contribution in [3.63, 3.8) is 0 Å². The van der Waals surface area contributed by atoms with E-state index in [0.717, 1.165) is 45.6 Å². The number of carbonyl (C=O) groups excluding carboxylic acids is 4. The molecule has 18 heteroatoms. The van der Waals surface area contributed by atoms with E-state index in [1.54, 1.807) is 23.2 Å². The number of piperazine rings is 1. The van der Waals surface area contributed by atoms with Gasteiger partial charge in [0.05, 0.1) is 24.7 Å². The number of benzene rings is 1. The fourth-order valence-electron chi connectivity index (χ4n) is 9.87. The number of nitrogens with zero attached hydrogens (tertiary/aromatic N) is 4. The molecule has 0 aliphatic carbocycles. The molecule has 3 fully saturated rings. The van der Waals surface area contributed by atoms with Crippen molar-refractivity contribution in [2.24, 2.45) is 0 Å². The summed E-state index contributed by atoms with van der Waals surface area (Å²) in [4.78, 5) is 87.9. The first-order chi connectivity index (χ1) is 32.4. The number of imidazole rings is 1. The maximum Gasteiger partial charge on any atom is 0.524 e. The lowest BCUT2D eigenvalue weighted by Gasteiger charge is -2.36. The molecule has 1 aromatic carbocycles. The highest BCUT2D eigenvalue weighted by atomic mass is 31.2. The van der Waals surface area contributed by atoms with Crippen molar-refractivity contribution in [2.75, 3.05) is 45.9 Å². The quantitative estimate of drug-likeness (QED) is 0.0379. The predicted octanol–water partition coefficient (Wildman–Crippen LogP) is 5.54. The number of phosphoric acid groups is 1. The summed E-state index contributed by atoms with van der Waals surface area (Å²) >= 11 is 0. The molecule has 3 saturated heterocycles. The number of unbranched alkanes of at least 4 members (excludes halogenated alkanes) is 13. The Balaban J connectivity index is 1.09. The van der Waals surface area contributed by atoms with Gasteiger partial charge in [0.1, 0.15) is 23.9 Å². The molecule has 0 saturated carbocycles. The highest BCUT2D eigenvalue weighted by Gasteiger charge is 2.44. The van der Waals surface area contributed by atoms with Gasteiger partial charge in [0, 0.05) is 64.2 Å². The Morgan fingerprint density at radius 3 is 2.01 bits per heavy atom. The molecule has 1 unspecified atom stereocenters. The number of fused-ring (bicyclic) bond motifs is 1. The minimum Gasteiger partial charge on any atom is -0.404 e. The number of phosphoric ester groups is 1. The van der Waals surface area contributed by atoms with E-state index < -0.39 is 37.9 Å². The molecule has 0 spiro atoms. The fraction of sp³-hybridized carbons (Fsp3) is 0.735. The molecular formula is C49H81N8O9P. The van der Waals surface area contributed by atoms with Crippen LogP contribution >= 0.6 is 7.82 Å². The first-order valence-corrected chi connectivity index (χ1v) is 27.0. The fourth-order valence-corrected chi connectivity index (χ4v) is 10.3. The molecule has 7 N–H and O–H groups in total. The van der Waals surface area contributed by atoms with E-state index in [9.17, 15) is 38.6 Å². The second-order valence-corrected chi connectivity index (χ2v) is 20.2. The lowest BCUT2D eigenvalue weighted by atomic mass is 9.98. The van der Waals surface area contributed by atoms with Crippen molar-refractivity contribution in [2.45, 2.75) is 185 Å². The number of aliphatic hydroxyl groups is 1. The first kappa shape index (κ1) is 54.1. The molecule has 376 valence electrons. The summed E-state index contributed by atoms with van der Waals surface area (Å²) < 4.78 is 16.1. The molecule has 4 amide bonds. The molecule has 17 nitrogen and oxygen atoms in total. The van der Waals surface area contributed by atoms with Gasteiger partial charge in [0.25, 0.3) is 0 Å². The van der Waals surface area contributed by atoms with Gasteiger partial charge in [-0.1, -0.05) is 115 Å². The second-order valence-electron chi connectivity index (χ2n) is 19.1. The minimum absolute atomic E-state index is 0.0442. The van der Waals surface area contributed by atoms with E-state index in [1.165, 1.54) is 108 Å². The molecule has 5 rings (SSSR count). The van der Waals surface area contributed by atoms with Gasteiger partial charge >= 0.3 is 7.82 Å². The molecule has 5 atom stereocenters. The largest absolute Gasteiger partial charge is 0.524 e. The van der Waals surface area contributed by atoms with Crippen LogP contribution in [0.3, 0.4) is 0 Å². The van der Waals surface area contributed by atoms with Gasteiger partial charge < -0.3 is 45.3 Å². The topological polar surface area (TPSA) is 230 Å². The van der Waals surface area contributed by atoms with Crippen molar-refractivity contribution in [1.82, 2.24) is 40.6 Å². The average Bonchev–Trinajstić information content (AvgIpc) is 3.99. The summed E-state index contributed by atoms with van der Waals surface area (Å²) in [6, 6.07) is 2.39. The maximum atomic E-state index is 14.4. The summed E-state index contributed by atoms with van der Waals surface area (Å²) in [7, 11) is -4.78. The van der Waals surface area contributed by atoms with E-state index in [0.29, 0.717) is 49.9 Å². The Morgan fingerprint density at radius 2 is 1.42 bits per heavy atom. The Morgan fingerprint density at radius 1 is 0.806 bits per heavy atom. The molecule has 0 radical (unpaired) electrons. The van der Waals surface area contributed by atoms with Crippen molar-refractivity contribution in [3.8, 4) is 5.75 Å². The van der Waals surface area contributed by atoms with Gasteiger partial charge in [0.15, 0.2) is 0 Å². The Hall–Kier alpha value is -3.86. The van der Waals surface area contributed by atoms with Gasteiger partial charge in [0.2, 0.25) is 23.6 Å². The molecule has 1 aromatic heterocycles. The van der Waals surface area contributed by atoms with Crippen LogP contribution in [0.5, 0.6) is 5.75 Å². The number of rotatable bonds is 30. The van der Waals surface area contributed by atoms with Crippen LogP contribution in [-0.2, 0) is 36.6 Å².